The molecule has 6 nitrogen and oxygen atoms in total. The third kappa shape index (κ3) is 5.38. The number of aromatic nitrogens is 2. The van der Waals surface area contributed by atoms with Crippen LogP contribution in [0.15, 0.2) is 12.3 Å². The Morgan fingerprint density at radius 2 is 2.38 bits per heavy atom. The lowest BCUT2D eigenvalue weighted by Gasteiger charge is -2.34. The van der Waals surface area contributed by atoms with Crippen LogP contribution in [-0.2, 0) is 11.3 Å². The van der Waals surface area contributed by atoms with Crippen molar-refractivity contribution < 1.29 is 9.53 Å². The zero-order valence-electron chi connectivity index (χ0n) is 13.2. The zero-order valence-corrected chi connectivity index (χ0v) is 13.2. The molecule has 2 rings (SSSR count). The van der Waals surface area contributed by atoms with E-state index in [4.69, 9.17) is 4.74 Å². The molecule has 1 atom stereocenters. The molecule has 1 aliphatic heterocycles. The number of carbonyl (C=O) groups excluding carboxylic acids is 1. The summed E-state index contributed by atoms with van der Waals surface area (Å²) in [6.07, 6.45) is 3.74. The van der Waals surface area contributed by atoms with Gasteiger partial charge in [-0.2, -0.15) is 5.10 Å². The fraction of sp³-hybridized carbons (Fsp3) is 0.733. The summed E-state index contributed by atoms with van der Waals surface area (Å²) in [4.78, 5) is 13.9. The van der Waals surface area contributed by atoms with Gasteiger partial charge in [-0.05, 0) is 45.6 Å². The van der Waals surface area contributed by atoms with Gasteiger partial charge in [-0.3, -0.25) is 5.10 Å². The molecule has 0 radical (unpaired) electrons. The Morgan fingerprint density at radius 3 is 3.05 bits per heavy atom. The highest BCUT2D eigenvalue weighted by Crippen LogP contribution is 2.18. The Balaban J connectivity index is 1.74. The maximum atomic E-state index is 12.1. The van der Waals surface area contributed by atoms with Gasteiger partial charge in [-0.1, -0.05) is 0 Å². The Bertz CT molecular complexity index is 439. The number of carbonyl (C=O) groups is 1. The van der Waals surface area contributed by atoms with Crippen LogP contribution in [0.5, 0.6) is 0 Å². The molecule has 2 N–H and O–H groups in total. The number of nitrogens with one attached hydrogen (secondary N) is 2. The molecule has 1 aliphatic rings. The van der Waals surface area contributed by atoms with Crippen molar-refractivity contribution in [2.75, 3.05) is 19.6 Å². The molecule has 6 heteroatoms. The lowest BCUT2D eigenvalue weighted by Crippen LogP contribution is -2.45. The SMILES string of the molecule is CC(C)(C)OC(=O)N1CCCC(CNCc2ccn[nH]2)C1. The first-order valence-corrected chi connectivity index (χ1v) is 7.61. The number of piperidine rings is 1. The average Bonchev–Trinajstić information content (AvgIpc) is 2.90. The number of H-pyrrole nitrogens is 1. The van der Waals surface area contributed by atoms with Crippen molar-refractivity contribution in [1.29, 1.82) is 0 Å². The van der Waals surface area contributed by atoms with Crippen molar-refractivity contribution in [1.82, 2.24) is 20.4 Å². The van der Waals surface area contributed by atoms with Gasteiger partial charge < -0.3 is 15.0 Å². The largest absolute Gasteiger partial charge is 0.444 e. The Labute approximate surface area is 126 Å². The Morgan fingerprint density at radius 1 is 1.57 bits per heavy atom. The highest BCUT2D eigenvalue weighted by Gasteiger charge is 2.27. The first-order chi connectivity index (χ1) is 9.94. The highest BCUT2D eigenvalue weighted by atomic mass is 16.6. The van der Waals surface area contributed by atoms with Crippen LogP contribution in [0.3, 0.4) is 0 Å². The van der Waals surface area contributed by atoms with E-state index in [1.807, 2.05) is 31.7 Å². The van der Waals surface area contributed by atoms with Gasteiger partial charge in [0, 0.05) is 38.1 Å². The quantitative estimate of drug-likeness (QED) is 0.892. The minimum atomic E-state index is -0.428. The summed E-state index contributed by atoms with van der Waals surface area (Å²) in [5, 5.41) is 10.3. The third-order valence-corrected chi connectivity index (χ3v) is 3.48. The van der Waals surface area contributed by atoms with E-state index in [2.05, 4.69) is 15.5 Å². The third-order valence-electron chi connectivity index (χ3n) is 3.48. The molecule has 1 fully saturated rings. The van der Waals surface area contributed by atoms with Crippen molar-refractivity contribution in [2.24, 2.45) is 5.92 Å². The van der Waals surface area contributed by atoms with Crippen LogP contribution < -0.4 is 5.32 Å². The van der Waals surface area contributed by atoms with Gasteiger partial charge in [0.25, 0.3) is 0 Å². The Hall–Kier alpha value is -1.56. The molecule has 0 aliphatic carbocycles. The van der Waals surface area contributed by atoms with E-state index in [-0.39, 0.29) is 6.09 Å². The van der Waals surface area contributed by atoms with E-state index in [1.165, 1.54) is 0 Å². The number of hydrogen-bond acceptors (Lipinski definition) is 4. The van der Waals surface area contributed by atoms with Gasteiger partial charge in [0.1, 0.15) is 5.60 Å². The standard InChI is InChI=1S/C15H26N4O2/c1-15(2,3)21-14(20)19-8-4-5-12(11-19)9-16-10-13-6-7-17-18-13/h6-7,12,16H,4-5,8-11H2,1-3H3,(H,17,18). The fourth-order valence-electron chi connectivity index (χ4n) is 2.52. The predicted octanol–water partition coefficient (Wildman–Crippen LogP) is 2.15. The number of nitrogens with zero attached hydrogens (tertiary/aromatic N) is 2. The summed E-state index contributed by atoms with van der Waals surface area (Å²) >= 11 is 0. The van der Waals surface area contributed by atoms with Crippen molar-refractivity contribution in [3.05, 3.63) is 18.0 Å². The molecule has 21 heavy (non-hydrogen) atoms. The fourth-order valence-corrected chi connectivity index (χ4v) is 2.52. The second-order valence-corrected chi connectivity index (χ2v) is 6.65. The van der Waals surface area contributed by atoms with E-state index in [0.717, 1.165) is 44.7 Å². The van der Waals surface area contributed by atoms with Crippen molar-refractivity contribution >= 4 is 6.09 Å². The van der Waals surface area contributed by atoms with Gasteiger partial charge >= 0.3 is 6.09 Å². The minimum absolute atomic E-state index is 0.194. The number of aromatic amines is 1. The van der Waals surface area contributed by atoms with Gasteiger partial charge in [0.2, 0.25) is 0 Å². The number of ether oxygens (including phenoxy) is 1. The minimum Gasteiger partial charge on any atom is -0.444 e. The van der Waals surface area contributed by atoms with E-state index in [9.17, 15) is 4.79 Å². The zero-order chi connectivity index (χ0) is 15.3. The molecule has 2 heterocycles. The van der Waals surface area contributed by atoms with Crippen molar-refractivity contribution in [2.45, 2.75) is 45.8 Å². The van der Waals surface area contributed by atoms with Gasteiger partial charge in [-0.25, -0.2) is 4.79 Å². The molecule has 0 saturated carbocycles. The topological polar surface area (TPSA) is 70.2 Å². The molecule has 1 aromatic heterocycles. The summed E-state index contributed by atoms with van der Waals surface area (Å²) in [5.74, 6) is 0.481. The number of amides is 1. The molecular weight excluding hydrogens is 268 g/mol. The summed E-state index contributed by atoms with van der Waals surface area (Å²) < 4.78 is 5.44. The first-order valence-electron chi connectivity index (χ1n) is 7.61. The normalized spacial score (nSPS) is 19.6. The molecule has 0 aromatic carbocycles. The van der Waals surface area contributed by atoms with Crippen LogP contribution >= 0.6 is 0 Å². The number of hydrogen-bond donors (Lipinski definition) is 2. The number of rotatable bonds is 4. The van der Waals surface area contributed by atoms with E-state index < -0.39 is 5.60 Å². The number of likely N-dealkylation sites (tertiary alicyclic amines) is 1. The second-order valence-electron chi connectivity index (χ2n) is 6.65. The predicted molar refractivity (Wildman–Crippen MR) is 80.8 cm³/mol. The first kappa shape index (κ1) is 15.8. The average molecular weight is 294 g/mol. The highest BCUT2D eigenvalue weighted by molar-refractivity contribution is 5.68. The van der Waals surface area contributed by atoms with Crippen LogP contribution in [0.4, 0.5) is 4.79 Å². The van der Waals surface area contributed by atoms with Crippen LogP contribution in [-0.4, -0.2) is 46.4 Å². The summed E-state index contributed by atoms with van der Waals surface area (Å²) in [5.41, 5.74) is 0.651. The van der Waals surface area contributed by atoms with Gasteiger partial charge in [0.05, 0.1) is 0 Å². The lowest BCUT2D eigenvalue weighted by molar-refractivity contribution is 0.0166. The van der Waals surface area contributed by atoms with E-state index in [1.54, 1.807) is 6.20 Å². The molecule has 1 aromatic rings. The van der Waals surface area contributed by atoms with Crippen LogP contribution in [0, 0.1) is 5.92 Å². The van der Waals surface area contributed by atoms with Crippen LogP contribution in [0.25, 0.3) is 0 Å². The molecule has 0 spiro atoms. The van der Waals surface area contributed by atoms with E-state index in [0.29, 0.717) is 5.92 Å². The summed E-state index contributed by atoms with van der Waals surface area (Å²) in [6, 6.07) is 1.96. The smallest absolute Gasteiger partial charge is 0.410 e. The molecular formula is C15H26N4O2. The summed E-state index contributed by atoms with van der Waals surface area (Å²) in [6.45, 7) is 8.95. The molecule has 1 unspecified atom stereocenters. The van der Waals surface area contributed by atoms with Crippen LogP contribution in [0.2, 0.25) is 0 Å². The molecule has 0 bridgehead atoms. The maximum Gasteiger partial charge on any atom is 0.410 e. The molecule has 1 amide bonds. The lowest BCUT2D eigenvalue weighted by atomic mass is 9.98. The monoisotopic (exact) mass is 294 g/mol. The van der Waals surface area contributed by atoms with Gasteiger partial charge in [0.15, 0.2) is 0 Å². The molecule has 1 saturated heterocycles. The van der Waals surface area contributed by atoms with Crippen LogP contribution in [0.1, 0.15) is 39.3 Å². The van der Waals surface area contributed by atoms with Crippen molar-refractivity contribution in [3.63, 3.8) is 0 Å². The molecule has 118 valence electrons. The Kier molecular flexibility index (Phi) is 5.22. The summed E-state index contributed by atoms with van der Waals surface area (Å²) in [7, 11) is 0. The van der Waals surface area contributed by atoms with E-state index >= 15 is 0 Å². The maximum absolute atomic E-state index is 12.1. The van der Waals surface area contributed by atoms with Gasteiger partial charge in [-0.15, -0.1) is 0 Å². The second kappa shape index (κ2) is 6.93. The van der Waals surface area contributed by atoms with Crippen molar-refractivity contribution in [3.8, 4) is 0 Å².